The van der Waals surface area contributed by atoms with E-state index in [1.54, 1.807) is 0 Å². The molecule has 1 heterocycles. The maximum Gasteiger partial charge on any atom is 0.213 e. The molecule has 9 aromatic rings. The number of para-hydroxylation sites is 1. The molecule has 8 aromatic carbocycles. The van der Waals surface area contributed by atoms with Gasteiger partial charge in [0.15, 0.2) is 0 Å². The molecule has 0 spiro atoms. The van der Waals surface area contributed by atoms with Crippen LogP contribution in [-0.2, 0) is 0 Å². The first-order chi connectivity index (χ1) is 23.8. The fourth-order valence-electron chi connectivity index (χ4n) is 6.97. The van der Waals surface area contributed by atoms with Crippen LogP contribution in [0.15, 0.2) is 192 Å². The topological polar surface area (TPSA) is 16.4 Å². The number of benzene rings is 8. The number of rotatable bonds is 6. The summed E-state index contributed by atoms with van der Waals surface area (Å²) < 4.78 is 6.79. The molecule has 0 atom stereocenters. The molecule has 0 N–H and O–H groups in total. The lowest BCUT2D eigenvalue weighted by atomic mass is 9.93. The summed E-state index contributed by atoms with van der Waals surface area (Å²) in [5, 5.41) is 6.12. The molecule has 0 amide bonds. The number of furan rings is 1. The highest BCUT2D eigenvalue weighted by molar-refractivity contribution is 6.13. The van der Waals surface area contributed by atoms with E-state index in [-0.39, 0.29) is 0 Å². The Morgan fingerprint density at radius 2 is 0.854 bits per heavy atom. The first kappa shape index (κ1) is 27.9. The predicted octanol–water partition coefficient (Wildman–Crippen LogP) is 13.2. The molecule has 2 heteroatoms. The van der Waals surface area contributed by atoms with Crippen molar-refractivity contribution in [2.45, 2.75) is 0 Å². The number of anilines is 3. The number of hydrogen-bond acceptors (Lipinski definition) is 2. The molecule has 0 fully saturated rings. The van der Waals surface area contributed by atoms with Gasteiger partial charge >= 0.3 is 0 Å². The summed E-state index contributed by atoms with van der Waals surface area (Å²) in [6.45, 7) is 0. The molecule has 0 bridgehead atoms. The Hall–Kier alpha value is -6.38. The lowest BCUT2D eigenvalue weighted by molar-refractivity contribution is 0.622. The zero-order chi connectivity index (χ0) is 31.9. The second-order valence-corrected chi connectivity index (χ2v) is 12.1. The van der Waals surface area contributed by atoms with Crippen molar-refractivity contribution in [1.82, 2.24) is 0 Å². The highest BCUT2D eigenvalue weighted by Gasteiger charge is 2.24. The Labute approximate surface area is 279 Å². The van der Waals surface area contributed by atoms with E-state index in [4.69, 9.17) is 4.42 Å². The summed E-state index contributed by atoms with van der Waals surface area (Å²) in [6, 6.07) is 66.7. The van der Waals surface area contributed by atoms with E-state index >= 15 is 0 Å². The van der Waals surface area contributed by atoms with Gasteiger partial charge in [0.1, 0.15) is 5.58 Å². The van der Waals surface area contributed by atoms with E-state index in [1.165, 1.54) is 43.8 Å². The van der Waals surface area contributed by atoms with Gasteiger partial charge in [0.2, 0.25) is 5.88 Å². The van der Waals surface area contributed by atoms with Crippen molar-refractivity contribution in [3.8, 4) is 33.4 Å². The summed E-state index contributed by atoms with van der Waals surface area (Å²) >= 11 is 0. The SMILES string of the molecule is c1ccc(-c2ccc(N(c3ccc(-c4cc5ccccc5c5ccccc45)cc3)c3oc4ccccc4c3-c3ccccc3)cc2)cc1. The Balaban J connectivity index is 1.23. The van der Waals surface area contributed by atoms with Gasteiger partial charge in [-0.1, -0.05) is 152 Å². The summed E-state index contributed by atoms with van der Waals surface area (Å²) in [5.41, 5.74) is 9.85. The van der Waals surface area contributed by atoms with Crippen LogP contribution in [0.5, 0.6) is 0 Å². The monoisotopic (exact) mass is 613 g/mol. The van der Waals surface area contributed by atoms with E-state index in [2.05, 4.69) is 187 Å². The third-order valence-electron chi connectivity index (χ3n) is 9.28. The van der Waals surface area contributed by atoms with Crippen LogP contribution >= 0.6 is 0 Å². The molecular weight excluding hydrogens is 583 g/mol. The summed E-state index contributed by atoms with van der Waals surface area (Å²) in [7, 11) is 0. The van der Waals surface area contributed by atoms with Crippen molar-refractivity contribution in [3.63, 3.8) is 0 Å². The van der Waals surface area contributed by atoms with E-state index in [0.717, 1.165) is 39.4 Å². The van der Waals surface area contributed by atoms with Gasteiger partial charge in [0.05, 0.1) is 5.56 Å². The lowest BCUT2D eigenvalue weighted by Crippen LogP contribution is -2.10. The molecule has 0 aliphatic rings. The van der Waals surface area contributed by atoms with Crippen LogP contribution in [0.4, 0.5) is 17.3 Å². The number of nitrogens with zero attached hydrogens (tertiary/aromatic N) is 1. The lowest BCUT2D eigenvalue weighted by Gasteiger charge is -2.25. The van der Waals surface area contributed by atoms with Crippen LogP contribution in [-0.4, -0.2) is 0 Å². The van der Waals surface area contributed by atoms with Gasteiger partial charge in [-0.05, 0) is 85.8 Å². The second kappa shape index (κ2) is 11.8. The molecule has 2 nitrogen and oxygen atoms in total. The molecule has 9 rings (SSSR count). The average Bonchev–Trinajstić information content (AvgIpc) is 3.55. The summed E-state index contributed by atoms with van der Waals surface area (Å²) in [6.07, 6.45) is 0. The normalized spacial score (nSPS) is 11.3. The van der Waals surface area contributed by atoms with Crippen molar-refractivity contribution in [2.75, 3.05) is 4.90 Å². The standard InChI is InChI=1S/C46H31NO/c1-3-13-32(14-4-1)33-23-27-37(28-24-33)47(46-45(35-15-5-2-6-16-35)42-21-11-12-22-44(42)48-46)38-29-25-34(26-30-38)43-31-36-17-7-8-18-39(36)40-19-9-10-20-41(40)43/h1-31H. The molecule has 226 valence electrons. The maximum atomic E-state index is 6.79. The molecule has 48 heavy (non-hydrogen) atoms. The van der Waals surface area contributed by atoms with Crippen LogP contribution in [0.2, 0.25) is 0 Å². The van der Waals surface area contributed by atoms with Crippen molar-refractivity contribution < 1.29 is 4.42 Å². The predicted molar refractivity (Wildman–Crippen MR) is 202 cm³/mol. The molecular formula is C46H31NO. The third-order valence-corrected chi connectivity index (χ3v) is 9.28. The van der Waals surface area contributed by atoms with Gasteiger partial charge in [-0.3, -0.25) is 4.90 Å². The third kappa shape index (κ3) is 4.83. The van der Waals surface area contributed by atoms with Crippen molar-refractivity contribution >= 4 is 49.8 Å². The highest BCUT2D eigenvalue weighted by atomic mass is 16.4. The Morgan fingerprint density at radius 1 is 0.354 bits per heavy atom. The Morgan fingerprint density at radius 3 is 1.54 bits per heavy atom. The van der Waals surface area contributed by atoms with Crippen molar-refractivity contribution in [2.24, 2.45) is 0 Å². The number of fused-ring (bicyclic) bond motifs is 4. The molecule has 0 radical (unpaired) electrons. The van der Waals surface area contributed by atoms with E-state index < -0.39 is 0 Å². The van der Waals surface area contributed by atoms with Gasteiger partial charge in [-0.25, -0.2) is 0 Å². The van der Waals surface area contributed by atoms with Gasteiger partial charge in [0.25, 0.3) is 0 Å². The Bertz CT molecular complexity index is 2530. The number of hydrogen-bond donors (Lipinski definition) is 0. The quantitative estimate of drug-likeness (QED) is 0.174. The first-order valence-electron chi connectivity index (χ1n) is 16.4. The highest BCUT2D eigenvalue weighted by Crippen LogP contribution is 2.47. The van der Waals surface area contributed by atoms with Crippen LogP contribution in [0.1, 0.15) is 0 Å². The zero-order valence-corrected chi connectivity index (χ0v) is 26.3. The van der Waals surface area contributed by atoms with Gasteiger partial charge in [0, 0.05) is 16.8 Å². The maximum absolute atomic E-state index is 6.79. The second-order valence-electron chi connectivity index (χ2n) is 12.1. The summed E-state index contributed by atoms with van der Waals surface area (Å²) in [5.74, 6) is 0.791. The van der Waals surface area contributed by atoms with Crippen LogP contribution < -0.4 is 4.90 Å². The van der Waals surface area contributed by atoms with Gasteiger partial charge in [-0.2, -0.15) is 0 Å². The molecule has 0 saturated heterocycles. The minimum Gasteiger partial charge on any atom is -0.439 e. The van der Waals surface area contributed by atoms with E-state index in [0.29, 0.717) is 0 Å². The van der Waals surface area contributed by atoms with Gasteiger partial charge < -0.3 is 4.42 Å². The molecule has 0 aliphatic heterocycles. The summed E-state index contributed by atoms with van der Waals surface area (Å²) in [4.78, 5) is 2.25. The molecule has 1 aromatic heterocycles. The molecule has 0 unspecified atom stereocenters. The Kier molecular flexibility index (Phi) is 6.84. The fraction of sp³-hybridized carbons (Fsp3) is 0. The minimum atomic E-state index is 0.791. The first-order valence-corrected chi connectivity index (χ1v) is 16.4. The van der Waals surface area contributed by atoms with Crippen molar-refractivity contribution in [1.29, 1.82) is 0 Å². The van der Waals surface area contributed by atoms with Crippen LogP contribution in [0.25, 0.3) is 65.9 Å². The molecule has 0 aliphatic carbocycles. The molecule has 0 saturated carbocycles. The van der Waals surface area contributed by atoms with Crippen LogP contribution in [0, 0.1) is 0 Å². The van der Waals surface area contributed by atoms with Crippen LogP contribution in [0.3, 0.4) is 0 Å². The van der Waals surface area contributed by atoms with Gasteiger partial charge in [-0.15, -0.1) is 0 Å². The van der Waals surface area contributed by atoms with Crippen molar-refractivity contribution in [3.05, 3.63) is 188 Å². The zero-order valence-electron chi connectivity index (χ0n) is 26.3. The van der Waals surface area contributed by atoms with E-state index in [9.17, 15) is 0 Å². The average molecular weight is 614 g/mol. The smallest absolute Gasteiger partial charge is 0.213 e. The van der Waals surface area contributed by atoms with E-state index in [1.807, 2.05) is 6.07 Å². The minimum absolute atomic E-state index is 0.791. The fourth-order valence-corrected chi connectivity index (χ4v) is 6.97. The largest absolute Gasteiger partial charge is 0.439 e.